The van der Waals surface area contributed by atoms with Crippen LogP contribution in [0.3, 0.4) is 0 Å². The zero-order chi connectivity index (χ0) is 14.7. The van der Waals surface area contributed by atoms with E-state index in [9.17, 15) is 4.79 Å². The van der Waals surface area contributed by atoms with Gasteiger partial charge >= 0.3 is 0 Å². The lowest BCUT2D eigenvalue weighted by Crippen LogP contribution is -2.12. The highest BCUT2D eigenvalue weighted by Gasteiger charge is 2.09. The van der Waals surface area contributed by atoms with E-state index in [0.29, 0.717) is 10.6 Å². The van der Waals surface area contributed by atoms with Crippen molar-refractivity contribution in [3.8, 4) is 0 Å². The molecule has 0 amide bonds. The molecule has 0 aliphatic heterocycles. The topological polar surface area (TPSA) is 34.9 Å². The highest BCUT2D eigenvalue weighted by Crippen LogP contribution is 2.14. The Hall–Kier alpha value is -2.17. The summed E-state index contributed by atoms with van der Waals surface area (Å²) < 4.78 is 1.32. The Kier molecular flexibility index (Phi) is 3.99. The molecule has 3 aromatic rings. The Morgan fingerprint density at radius 3 is 2.86 bits per heavy atom. The van der Waals surface area contributed by atoms with Crippen molar-refractivity contribution >= 4 is 41.0 Å². The normalized spacial score (nSPS) is 11.1. The first-order valence-corrected chi connectivity index (χ1v) is 7.56. The van der Waals surface area contributed by atoms with Gasteiger partial charge in [-0.2, -0.15) is 5.10 Å². The van der Waals surface area contributed by atoms with Crippen molar-refractivity contribution in [3.63, 3.8) is 0 Å². The number of thiophene rings is 1. The maximum absolute atomic E-state index is 12.3. The van der Waals surface area contributed by atoms with E-state index in [1.54, 1.807) is 47.9 Å². The monoisotopic (exact) mass is 314 g/mol. The van der Waals surface area contributed by atoms with Crippen LogP contribution < -0.4 is 0 Å². The molecule has 3 nitrogen and oxygen atoms in total. The maximum atomic E-state index is 12.3. The second-order valence-corrected chi connectivity index (χ2v) is 5.77. The first-order chi connectivity index (χ1) is 10.2. The molecule has 0 bridgehead atoms. The summed E-state index contributed by atoms with van der Waals surface area (Å²) in [4.78, 5) is 13.4. The number of carbonyl (C=O) groups is 1. The lowest BCUT2D eigenvalue weighted by atomic mass is 10.2. The maximum Gasteiger partial charge on any atom is 0.278 e. The second-order valence-electron chi connectivity index (χ2n) is 4.35. The number of halogens is 1. The standard InChI is InChI=1S/C16H11ClN2OS/c17-13-4-1-3-12(11-13)16(20)19-9-8-14(18-19)6-7-15-5-2-10-21-15/h1-11H. The van der Waals surface area contributed by atoms with Crippen molar-refractivity contribution < 1.29 is 4.79 Å². The minimum atomic E-state index is -0.201. The number of carbonyl (C=O) groups excluding carboxylic acids is 1. The summed E-state index contributed by atoms with van der Waals surface area (Å²) in [6.07, 6.45) is 5.51. The lowest BCUT2D eigenvalue weighted by Gasteiger charge is -2.00. The lowest BCUT2D eigenvalue weighted by molar-refractivity contribution is 0.0945. The first-order valence-electron chi connectivity index (χ1n) is 6.30. The van der Waals surface area contributed by atoms with Crippen molar-refractivity contribution in [2.45, 2.75) is 0 Å². The Bertz CT molecular complexity index is 790. The predicted molar refractivity (Wildman–Crippen MR) is 86.7 cm³/mol. The summed E-state index contributed by atoms with van der Waals surface area (Å²) in [7, 11) is 0. The highest BCUT2D eigenvalue weighted by molar-refractivity contribution is 7.10. The Morgan fingerprint density at radius 1 is 1.19 bits per heavy atom. The number of rotatable bonds is 3. The van der Waals surface area contributed by atoms with E-state index < -0.39 is 0 Å². The van der Waals surface area contributed by atoms with E-state index in [-0.39, 0.29) is 5.91 Å². The number of aromatic nitrogens is 2. The van der Waals surface area contributed by atoms with E-state index in [0.717, 1.165) is 10.6 Å². The number of benzene rings is 1. The summed E-state index contributed by atoms with van der Waals surface area (Å²) in [6.45, 7) is 0. The highest BCUT2D eigenvalue weighted by atomic mass is 35.5. The van der Waals surface area contributed by atoms with Crippen molar-refractivity contribution in [3.05, 3.63) is 75.2 Å². The Balaban J connectivity index is 1.80. The molecule has 0 aliphatic rings. The van der Waals surface area contributed by atoms with Crippen LogP contribution in [0.4, 0.5) is 0 Å². The summed E-state index contributed by atoms with van der Waals surface area (Å²) in [6, 6.07) is 12.6. The van der Waals surface area contributed by atoms with Gasteiger partial charge in [0.15, 0.2) is 0 Å². The van der Waals surface area contributed by atoms with E-state index in [1.807, 2.05) is 29.7 Å². The summed E-state index contributed by atoms with van der Waals surface area (Å²) >= 11 is 7.55. The fourth-order valence-corrected chi connectivity index (χ4v) is 2.66. The van der Waals surface area contributed by atoms with Gasteiger partial charge in [-0.05, 0) is 47.9 Å². The number of hydrogen-bond acceptors (Lipinski definition) is 3. The number of nitrogens with zero attached hydrogens (tertiary/aromatic N) is 2. The molecule has 2 aromatic heterocycles. The Labute approximate surface area is 131 Å². The summed E-state index contributed by atoms with van der Waals surface area (Å²) in [5.74, 6) is -0.201. The van der Waals surface area contributed by atoms with Crippen molar-refractivity contribution in [1.29, 1.82) is 0 Å². The van der Waals surface area contributed by atoms with Gasteiger partial charge in [0, 0.05) is 21.7 Å². The van der Waals surface area contributed by atoms with Gasteiger partial charge < -0.3 is 0 Å². The third-order valence-corrected chi connectivity index (χ3v) is 3.92. The fourth-order valence-electron chi connectivity index (χ4n) is 1.85. The molecule has 0 spiro atoms. The fraction of sp³-hybridized carbons (Fsp3) is 0. The molecule has 21 heavy (non-hydrogen) atoms. The molecular weight excluding hydrogens is 304 g/mol. The SMILES string of the molecule is O=C(c1cccc(Cl)c1)n1ccc(C=Cc2cccs2)n1. The molecule has 104 valence electrons. The largest absolute Gasteiger partial charge is 0.278 e. The molecule has 0 fully saturated rings. The predicted octanol–water partition coefficient (Wildman–Crippen LogP) is 4.46. The van der Waals surface area contributed by atoms with Crippen LogP contribution in [0, 0.1) is 0 Å². The van der Waals surface area contributed by atoms with Gasteiger partial charge in [0.25, 0.3) is 5.91 Å². The van der Waals surface area contributed by atoms with Crippen molar-refractivity contribution in [2.75, 3.05) is 0 Å². The first kappa shape index (κ1) is 13.8. The summed E-state index contributed by atoms with van der Waals surface area (Å²) in [5.41, 5.74) is 1.25. The molecule has 0 saturated carbocycles. The van der Waals surface area contributed by atoms with Crippen molar-refractivity contribution in [1.82, 2.24) is 9.78 Å². The molecule has 0 unspecified atom stereocenters. The van der Waals surface area contributed by atoms with Gasteiger partial charge in [-0.3, -0.25) is 4.79 Å². The smallest absolute Gasteiger partial charge is 0.267 e. The molecular formula is C16H11ClN2OS. The van der Waals surface area contributed by atoms with Gasteiger partial charge in [-0.1, -0.05) is 23.7 Å². The van der Waals surface area contributed by atoms with Crippen LogP contribution in [0.2, 0.25) is 5.02 Å². The van der Waals surface area contributed by atoms with Gasteiger partial charge in [0.2, 0.25) is 0 Å². The zero-order valence-corrected chi connectivity index (χ0v) is 12.5. The van der Waals surface area contributed by atoms with Gasteiger partial charge in [-0.15, -0.1) is 11.3 Å². The quantitative estimate of drug-likeness (QED) is 0.715. The molecule has 5 heteroatoms. The van der Waals surface area contributed by atoms with Crippen LogP contribution in [0.15, 0.2) is 54.0 Å². The van der Waals surface area contributed by atoms with Crippen molar-refractivity contribution in [2.24, 2.45) is 0 Å². The van der Waals surface area contributed by atoms with E-state index in [2.05, 4.69) is 5.10 Å². The average molecular weight is 315 g/mol. The molecule has 3 rings (SSSR count). The average Bonchev–Trinajstić information content (AvgIpc) is 3.16. The third kappa shape index (κ3) is 3.29. The molecule has 0 N–H and O–H groups in total. The van der Waals surface area contributed by atoms with Gasteiger partial charge in [0.05, 0.1) is 5.69 Å². The van der Waals surface area contributed by atoms with Crippen LogP contribution >= 0.6 is 22.9 Å². The summed E-state index contributed by atoms with van der Waals surface area (Å²) in [5, 5.41) is 6.81. The van der Waals surface area contributed by atoms with E-state index in [1.165, 1.54) is 4.68 Å². The zero-order valence-electron chi connectivity index (χ0n) is 10.9. The van der Waals surface area contributed by atoms with Crippen LogP contribution in [-0.2, 0) is 0 Å². The molecule has 1 aromatic carbocycles. The molecule has 0 atom stereocenters. The van der Waals surface area contributed by atoms with Crippen LogP contribution in [0.25, 0.3) is 12.2 Å². The molecule has 0 saturated heterocycles. The minimum absolute atomic E-state index is 0.201. The van der Waals surface area contributed by atoms with Gasteiger partial charge in [-0.25, -0.2) is 4.68 Å². The molecule has 0 aliphatic carbocycles. The van der Waals surface area contributed by atoms with Crippen LogP contribution in [0.5, 0.6) is 0 Å². The third-order valence-electron chi connectivity index (χ3n) is 2.85. The Morgan fingerprint density at radius 2 is 2.10 bits per heavy atom. The van der Waals surface area contributed by atoms with E-state index >= 15 is 0 Å². The second kappa shape index (κ2) is 6.08. The van der Waals surface area contributed by atoms with Crippen LogP contribution in [0.1, 0.15) is 20.9 Å². The molecule has 2 heterocycles. The van der Waals surface area contributed by atoms with Crippen LogP contribution in [-0.4, -0.2) is 15.7 Å². The number of hydrogen-bond donors (Lipinski definition) is 0. The van der Waals surface area contributed by atoms with E-state index in [4.69, 9.17) is 11.6 Å². The molecule has 0 radical (unpaired) electrons. The van der Waals surface area contributed by atoms with Gasteiger partial charge in [0.1, 0.15) is 0 Å². The minimum Gasteiger partial charge on any atom is -0.267 e.